The zero-order valence-electron chi connectivity index (χ0n) is 28.6. The normalized spacial score (nSPS) is 10.2. The van der Waals surface area contributed by atoms with Gasteiger partial charge in [0.2, 0.25) is 11.7 Å². The van der Waals surface area contributed by atoms with Gasteiger partial charge in [0.15, 0.2) is 0 Å². The molecule has 0 aliphatic rings. The van der Waals surface area contributed by atoms with Gasteiger partial charge in [0.1, 0.15) is 5.52 Å². The summed E-state index contributed by atoms with van der Waals surface area (Å²) in [5.74, 6) is 0.493. The Bertz CT molecular complexity index is 2060. The summed E-state index contributed by atoms with van der Waals surface area (Å²) in [7, 11) is 0. The number of fused-ring (bicyclic) bond motifs is 3. The van der Waals surface area contributed by atoms with Gasteiger partial charge < -0.3 is 0 Å². The van der Waals surface area contributed by atoms with Crippen molar-refractivity contribution in [2.24, 2.45) is 0 Å². The number of rotatable bonds is 4. The Morgan fingerprint density at radius 2 is 1.32 bits per heavy atom. The molecule has 1 N–H and O–H groups in total. The molecule has 4 heteroatoms. The Hall–Kier alpha value is -5.53. The van der Waals surface area contributed by atoms with Gasteiger partial charge in [0.05, 0.1) is 22.7 Å². The molecule has 0 saturated heterocycles. The molecule has 0 amide bonds. The lowest BCUT2D eigenvalue weighted by atomic mass is 9.94. The fourth-order valence-electron chi connectivity index (χ4n) is 5.53. The van der Waals surface area contributed by atoms with Crippen molar-refractivity contribution >= 4 is 16.4 Å². The number of H-pyrrole nitrogens is 1. The quantitative estimate of drug-likeness (QED) is 0.200. The van der Waals surface area contributed by atoms with Gasteiger partial charge in [-0.15, -0.1) is 0 Å². The maximum Gasteiger partial charge on any atom is 0.245 e. The third-order valence-electron chi connectivity index (χ3n) is 7.77. The molecular weight excluding hydrogens is 573 g/mol. The molecule has 0 atom stereocenters. The van der Waals surface area contributed by atoms with E-state index in [1.807, 2.05) is 80.9 Å². The minimum absolute atomic E-state index is 0.493. The first kappa shape index (κ1) is 34.3. The minimum atomic E-state index is 0.493. The third-order valence-corrected chi connectivity index (χ3v) is 7.77. The zero-order chi connectivity index (χ0) is 33.8. The average Bonchev–Trinajstić information content (AvgIpc) is 3.52. The molecule has 3 aromatic heterocycles. The average molecular weight is 618 g/mol. The highest BCUT2D eigenvalue weighted by molar-refractivity contribution is 5.94. The van der Waals surface area contributed by atoms with Gasteiger partial charge in [-0.3, -0.25) is 4.98 Å². The smallest absolute Gasteiger partial charge is 0.245 e. The van der Waals surface area contributed by atoms with Crippen LogP contribution in [-0.2, 0) is 0 Å². The van der Waals surface area contributed by atoms with E-state index in [0.29, 0.717) is 11.5 Å². The van der Waals surface area contributed by atoms with Crippen LogP contribution in [0.25, 0.3) is 49.9 Å². The van der Waals surface area contributed by atoms with E-state index < -0.39 is 0 Å². The number of aromatic amines is 1. The van der Waals surface area contributed by atoms with E-state index in [1.165, 1.54) is 27.6 Å². The predicted molar refractivity (Wildman–Crippen MR) is 198 cm³/mol. The van der Waals surface area contributed by atoms with Gasteiger partial charge in [-0.05, 0) is 71.5 Å². The van der Waals surface area contributed by atoms with Crippen LogP contribution in [0.15, 0.2) is 134 Å². The van der Waals surface area contributed by atoms with Crippen LogP contribution in [-0.4, -0.2) is 10.1 Å². The highest BCUT2D eigenvalue weighted by Crippen LogP contribution is 2.31. The molecule has 3 heterocycles. The van der Waals surface area contributed by atoms with Gasteiger partial charge in [-0.1, -0.05) is 125 Å². The lowest BCUT2D eigenvalue weighted by Crippen LogP contribution is -2.20. The summed E-state index contributed by atoms with van der Waals surface area (Å²) in [4.78, 5) is 4.86. The fraction of sp³-hybridized carbons (Fsp3) is 0.186. The molecule has 0 aliphatic heterocycles. The summed E-state index contributed by atoms with van der Waals surface area (Å²) in [6.07, 6.45) is 2.01. The molecule has 0 radical (unpaired) electrons. The SMILES string of the molecule is CC.CC.Cc1nc(-c2ccccc2C(C)C)ccc1-c1ccccc1.N#Cc1ccc(-c2ccc3[nH][n+]4ccccc4c3c2)cc1. The van der Waals surface area contributed by atoms with Crippen molar-refractivity contribution in [3.8, 4) is 39.6 Å². The molecule has 0 aliphatic carbocycles. The summed E-state index contributed by atoms with van der Waals surface area (Å²) in [5.41, 5.74) is 12.3. The van der Waals surface area contributed by atoms with E-state index in [9.17, 15) is 0 Å². The van der Waals surface area contributed by atoms with Crippen LogP contribution in [0.4, 0.5) is 0 Å². The van der Waals surface area contributed by atoms with Crippen molar-refractivity contribution in [2.75, 3.05) is 0 Å². The Kier molecular flexibility index (Phi) is 12.2. The largest absolute Gasteiger partial charge is 0.252 e. The van der Waals surface area contributed by atoms with Crippen molar-refractivity contribution < 1.29 is 4.52 Å². The molecule has 0 saturated carbocycles. The Morgan fingerprint density at radius 1 is 0.660 bits per heavy atom. The Labute approximate surface area is 280 Å². The van der Waals surface area contributed by atoms with Gasteiger partial charge in [-0.2, -0.15) is 10.4 Å². The maximum absolute atomic E-state index is 8.87. The maximum atomic E-state index is 8.87. The summed E-state index contributed by atoms with van der Waals surface area (Å²) >= 11 is 0. The molecular formula is C43H45N4+. The molecule has 4 nitrogen and oxygen atoms in total. The van der Waals surface area contributed by atoms with Crippen LogP contribution in [0.5, 0.6) is 0 Å². The molecule has 0 spiro atoms. The monoisotopic (exact) mass is 617 g/mol. The van der Waals surface area contributed by atoms with Crippen LogP contribution in [0.2, 0.25) is 0 Å². The van der Waals surface area contributed by atoms with E-state index in [1.54, 1.807) is 0 Å². The molecule has 0 unspecified atom stereocenters. The van der Waals surface area contributed by atoms with Crippen molar-refractivity contribution in [3.05, 3.63) is 150 Å². The summed E-state index contributed by atoms with van der Waals surface area (Å²) < 4.78 is 2.02. The molecule has 7 rings (SSSR count). The minimum Gasteiger partial charge on any atom is -0.252 e. The first-order valence-corrected chi connectivity index (χ1v) is 16.6. The number of pyridine rings is 2. The van der Waals surface area contributed by atoms with Gasteiger partial charge in [-0.25, -0.2) is 0 Å². The number of nitriles is 1. The van der Waals surface area contributed by atoms with Crippen molar-refractivity contribution in [1.82, 2.24) is 10.1 Å². The predicted octanol–water partition coefficient (Wildman–Crippen LogP) is 11.3. The van der Waals surface area contributed by atoms with Crippen LogP contribution in [0, 0.1) is 18.3 Å². The first-order valence-electron chi connectivity index (χ1n) is 16.6. The van der Waals surface area contributed by atoms with Gasteiger partial charge in [0.25, 0.3) is 0 Å². The number of benzene rings is 4. The number of aromatic nitrogens is 3. The second-order valence-corrected chi connectivity index (χ2v) is 11.0. The van der Waals surface area contributed by atoms with Crippen molar-refractivity contribution in [1.29, 1.82) is 5.26 Å². The molecule has 4 aromatic carbocycles. The first-order chi connectivity index (χ1) is 23.0. The third kappa shape index (κ3) is 8.01. The molecule has 47 heavy (non-hydrogen) atoms. The van der Waals surface area contributed by atoms with E-state index in [-0.39, 0.29) is 0 Å². The summed E-state index contributed by atoms with van der Waals surface area (Å²) in [6, 6.07) is 45.6. The van der Waals surface area contributed by atoms with Crippen molar-refractivity contribution in [3.63, 3.8) is 0 Å². The number of nitrogens with zero attached hydrogens (tertiary/aromatic N) is 3. The summed E-state index contributed by atoms with van der Waals surface area (Å²) in [5, 5.41) is 13.4. The number of hydrogen-bond donors (Lipinski definition) is 1. The van der Waals surface area contributed by atoms with E-state index in [2.05, 4.69) is 117 Å². The van der Waals surface area contributed by atoms with Crippen LogP contribution >= 0.6 is 0 Å². The Balaban J connectivity index is 0.000000193. The van der Waals surface area contributed by atoms with Crippen LogP contribution < -0.4 is 4.52 Å². The van der Waals surface area contributed by atoms with Gasteiger partial charge in [0, 0.05) is 29.0 Å². The molecule has 7 aromatic rings. The lowest BCUT2D eigenvalue weighted by molar-refractivity contribution is -0.574. The van der Waals surface area contributed by atoms with E-state index >= 15 is 0 Å². The fourth-order valence-corrected chi connectivity index (χ4v) is 5.53. The standard InChI is InChI=1S/C21H21N.C18H11N3.2C2H6/c1-15(2)18-11-7-8-12-20(18)21-14-13-19(16(3)22-21)17-9-5-4-6-10-17;19-12-13-4-6-14(7-5-13)15-8-9-17-16(11-15)18-3-1-2-10-21(18)20-17;2*1-2/h4-15H,1-3H3;1-11H;2*1-2H3/p+1. The number of nitrogens with one attached hydrogen (secondary N) is 1. The second-order valence-electron chi connectivity index (χ2n) is 11.0. The topological polar surface area (TPSA) is 56.6 Å². The highest BCUT2D eigenvalue weighted by atomic mass is 15.2. The van der Waals surface area contributed by atoms with Crippen LogP contribution in [0.3, 0.4) is 0 Å². The van der Waals surface area contributed by atoms with Gasteiger partial charge >= 0.3 is 0 Å². The molecule has 0 bridgehead atoms. The number of aryl methyl sites for hydroxylation is 1. The van der Waals surface area contributed by atoms with E-state index in [4.69, 9.17) is 10.2 Å². The zero-order valence-corrected chi connectivity index (χ0v) is 28.6. The number of hydrogen-bond acceptors (Lipinski definition) is 2. The van der Waals surface area contributed by atoms with Crippen molar-refractivity contribution in [2.45, 2.75) is 54.4 Å². The van der Waals surface area contributed by atoms with Crippen LogP contribution in [0.1, 0.15) is 64.3 Å². The summed E-state index contributed by atoms with van der Waals surface area (Å²) in [6.45, 7) is 14.5. The lowest BCUT2D eigenvalue weighted by Gasteiger charge is -2.14. The highest BCUT2D eigenvalue weighted by Gasteiger charge is 2.13. The van der Waals surface area contributed by atoms with E-state index in [0.717, 1.165) is 33.5 Å². The Morgan fingerprint density at radius 3 is 2.00 bits per heavy atom. The molecule has 236 valence electrons. The second kappa shape index (κ2) is 16.7. The molecule has 0 fully saturated rings.